The van der Waals surface area contributed by atoms with Crippen LogP contribution in [0.3, 0.4) is 0 Å². The maximum atomic E-state index is 12.6. The van der Waals surface area contributed by atoms with Crippen molar-refractivity contribution in [3.8, 4) is 0 Å². The average Bonchev–Trinajstić information content (AvgIpc) is 2.55. The van der Waals surface area contributed by atoms with E-state index in [0.29, 0.717) is 24.0 Å². The Morgan fingerprint density at radius 3 is 2.54 bits per heavy atom. The van der Waals surface area contributed by atoms with E-state index in [-0.39, 0.29) is 12.2 Å². The number of ketones is 1. The Balaban J connectivity index is 2.41. The molecule has 2 aliphatic rings. The van der Waals surface area contributed by atoms with Gasteiger partial charge in [-0.1, -0.05) is 19.1 Å². The lowest BCUT2D eigenvalue weighted by Crippen LogP contribution is -2.59. The van der Waals surface area contributed by atoms with E-state index in [1.807, 2.05) is 6.92 Å². The molecule has 6 heteroatoms. The van der Waals surface area contributed by atoms with Crippen molar-refractivity contribution in [1.82, 2.24) is 0 Å². The Kier molecular flexibility index (Phi) is 5.53. The molecule has 1 saturated carbocycles. The van der Waals surface area contributed by atoms with Gasteiger partial charge in [-0.2, -0.15) is 0 Å². The van der Waals surface area contributed by atoms with Crippen LogP contribution in [0.1, 0.15) is 60.8 Å². The summed E-state index contributed by atoms with van der Waals surface area (Å²) in [6, 6.07) is 0. The molecular formula is C20H30O6. The summed E-state index contributed by atoms with van der Waals surface area (Å²) in [6.07, 6.45) is 4.08. The van der Waals surface area contributed by atoms with Crippen LogP contribution in [-0.4, -0.2) is 39.4 Å². The molecule has 0 spiro atoms. The van der Waals surface area contributed by atoms with Crippen LogP contribution in [0.5, 0.6) is 0 Å². The van der Waals surface area contributed by atoms with E-state index in [4.69, 9.17) is 4.74 Å². The van der Waals surface area contributed by atoms with Crippen LogP contribution in [-0.2, 0) is 19.2 Å². The van der Waals surface area contributed by atoms with Crippen LogP contribution in [0.2, 0.25) is 0 Å². The maximum absolute atomic E-state index is 12.6. The van der Waals surface area contributed by atoms with E-state index in [2.05, 4.69) is 4.89 Å². The third kappa shape index (κ3) is 3.50. The van der Waals surface area contributed by atoms with Gasteiger partial charge in [0.15, 0.2) is 5.78 Å². The highest BCUT2D eigenvalue weighted by molar-refractivity contribution is 5.98. The van der Waals surface area contributed by atoms with E-state index in [1.165, 1.54) is 0 Å². The first kappa shape index (κ1) is 20.8. The van der Waals surface area contributed by atoms with Crippen LogP contribution in [0, 0.1) is 11.3 Å². The molecule has 2 rings (SSSR count). The summed E-state index contributed by atoms with van der Waals surface area (Å²) in [5.41, 5.74) is -2.12. The van der Waals surface area contributed by atoms with Crippen LogP contribution >= 0.6 is 0 Å². The Morgan fingerprint density at radius 1 is 1.38 bits per heavy atom. The number of carbonyl (C=O) groups excluding carboxylic acids is 2. The number of esters is 1. The lowest BCUT2D eigenvalue weighted by Gasteiger charge is -2.53. The predicted molar refractivity (Wildman–Crippen MR) is 96.3 cm³/mol. The Hall–Kier alpha value is -1.50. The summed E-state index contributed by atoms with van der Waals surface area (Å²) in [5.74, 6) is -0.954. The van der Waals surface area contributed by atoms with Gasteiger partial charge in [-0.15, -0.1) is 0 Å². The monoisotopic (exact) mass is 366 g/mol. The van der Waals surface area contributed by atoms with E-state index in [1.54, 1.807) is 46.8 Å². The molecule has 26 heavy (non-hydrogen) atoms. The molecule has 0 aromatic heterocycles. The molecule has 146 valence electrons. The van der Waals surface area contributed by atoms with Crippen molar-refractivity contribution in [2.45, 2.75) is 78.1 Å². The molecule has 0 heterocycles. The second kappa shape index (κ2) is 6.91. The predicted octanol–water partition coefficient (Wildman–Crippen LogP) is 3.20. The zero-order valence-electron chi connectivity index (χ0n) is 16.5. The van der Waals surface area contributed by atoms with Gasteiger partial charge in [-0.05, 0) is 52.9 Å². The van der Waals surface area contributed by atoms with Crippen molar-refractivity contribution < 1.29 is 29.6 Å². The summed E-state index contributed by atoms with van der Waals surface area (Å²) in [4.78, 5) is 29.3. The number of Topliss-reactive ketones (excluding diaryl/α,β-unsaturated/α-hetero) is 1. The van der Waals surface area contributed by atoms with E-state index < -0.39 is 34.6 Å². The molecular weight excluding hydrogens is 336 g/mol. The van der Waals surface area contributed by atoms with Gasteiger partial charge in [0, 0.05) is 23.5 Å². The minimum Gasteiger partial charge on any atom is -0.456 e. The zero-order valence-corrected chi connectivity index (χ0v) is 16.5. The van der Waals surface area contributed by atoms with Gasteiger partial charge in [0.2, 0.25) is 0 Å². The Morgan fingerprint density at radius 2 is 2.00 bits per heavy atom. The van der Waals surface area contributed by atoms with Gasteiger partial charge in [0.25, 0.3) is 0 Å². The number of aliphatic hydroxyl groups is 1. The van der Waals surface area contributed by atoms with Crippen LogP contribution in [0.15, 0.2) is 23.3 Å². The van der Waals surface area contributed by atoms with Crippen LogP contribution in [0.4, 0.5) is 0 Å². The summed E-state index contributed by atoms with van der Waals surface area (Å²) >= 11 is 0. The first-order chi connectivity index (χ1) is 11.9. The second-order valence-corrected chi connectivity index (χ2v) is 8.54. The molecule has 6 nitrogen and oxygen atoms in total. The molecule has 0 unspecified atom stereocenters. The molecule has 0 saturated heterocycles. The number of rotatable bonds is 4. The highest BCUT2D eigenvalue weighted by atomic mass is 17.1. The van der Waals surface area contributed by atoms with Gasteiger partial charge >= 0.3 is 5.97 Å². The van der Waals surface area contributed by atoms with Crippen LogP contribution in [0.25, 0.3) is 0 Å². The molecule has 0 aromatic rings. The minimum atomic E-state index is -1.34. The number of hydrogen-bond acceptors (Lipinski definition) is 6. The molecule has 0 amide bonds. The Labute approximate surface area is 154 Å². The summed E-state index contributed by atoms with van der Waals surface area (Å²) < 4.78 is 5.58. The first-order valence-electron chi connectivity index (χ1n) is 9.03. The summed E-state index contributed by atoms with van der Waals surface area (Å²) in [5, 5.41) is 20.5. The molecule has 2 aliphatic carbocycles. The lowest BCUT2D eigenvalue weighted by atomic mass is 9.54. The van der Waals surface area contributed by atoms with Crippen molar-refractivity contribution >= 4 is 11.8 Å². The summed E-state index contributed by atoms with van der Waals surface area (Å²) in [6.45, 7) is 10.2. The number of ether oxygens (including phenoxy) is 1. The van der Waals surface area contributed by atoms with Gasteiger partial charge in [-0.25, -0.2) is 9.68 Å². The minimum absolute atomic E-state index is 0.0983. The Bertz CT molecular complexity index is 657. The van der Waals surface area contributed by atoms with Crippen molar-refractivity contribution in [2.75, 3.05) is 0 Å². The smallest absolute Gasteiger partial charge is 0.333 e. The fraction of sp³-hybridized carbons (Fsp3) is 0.700. The number of fused-ring (bicyclic) bond motifs is 1. The third-order valence-corrected chi connectivity index (χ3v) is 6.09. The number of carbonyl (C=O) groups is 2. The van der Waals surface area contributed by atoms with E-state index in [9.17, 15) is 20.0 Å². The van der Waals surface area contributed by atoms with E-state index >= 15 is 0 Å². The molecule has 0 bridgehead atoms. The topological polar surface area (TPSA) is 93.1 Å². The van der Waals surface area contributed by atoms with Crippen molar-refractivity contribution in [3.63, 3.8) is 0 Å². The van der Waals surface area contributed by atoms with E-state index in [0.717, 1.165) is 0 Å². The number of hydrogen-bond donors (Lipinski definition) is 2. The molecule has 0 aliphatic heterocycles. The van der Waals surface area contributed by atoms with Gasteiger partial charge in [0.05, 0.1) is 0 Å². The third-order valence-electron chi connectivity index (χ3n) is 6.09. The lowest BCUT2D eigenvalue weighted by molar-refractivity contribution is -0.300. The SMILES string of the molecule is C/C=C(/C)C(=O)O[C@H]1CC[C@]2(C)CC(=O)C(C(C)(C)OO)=C[C@H]2[C@@]1(C)O. The second-order valence-electron chi connectivity index (χ2n) is 8.54. The normalized spacial score (nSPS) is 35.6. The van der Waals surface area contributed by atoms with Gasteiger partial charge < -0.3 is 9.84 Å². The maximum Gasteiger partial charge on any atom is 0.333 e. The largest absolute Gasteiger partial charge is 0.456 e. The molecule has 0 aromatic carbocycles. The van der Waals surface area contributed by atoms with Crippen molar-refractivity contribution in [2.24, 2.45) is 11.3 Å². The zero-order chi connectivity index (χ0) is 19.9. The first-order valence-corrected chi connectivity index (χ1v) is 9.03. The molecule has 1 fully saturated rings. The standard InChI is InChI=1S/C20H30O6/c1-7-12(2)17(22)25-16-8-9-19(5)11-14(21)13(18(3,4)26-24)10-15(19)20(16,6)23/h7,10,15-16,23-24H,8-9,11H2,1-6H3/b12-7-/t15-,16+,19-,20-/m1/s1. The van der Waals surface area contributed by atoms with Gasteiger partial charge in [-0.3, -0.25) is 10.1 Å². The summed E-state index contributed by atoms with van der Waals surface area (Å²) in [7, 11) is 0. The highest BCUT2D eigenvalue weighted by Crippen LogP contribution is 2.54. The average molecular weight is 366 g/mol. The molecule has 4 atom stereocenters. The quantitative estimate of drug-likeness (QED) is 0.343. The molecule has 2 N–H and O–H groups in total. The van der Waals surface area contributed by atoms with Crippen LogP contribution < -0.4 is 0 Å². The number of allylic oxidation sites excluding steroid dienone is 1. The fourth-order valence-electron chi connectivity index (χ4n) is 4.21. The van der Waals surface area contributed by atoms with Crippen molar-refractivity contribution in [1.29, 1.82) is 0 Å². The fourth-order valence-corrected chi connectivity index (χ4v) is 4.21. The molecule has 0 radical (unpaired) electrons. The van der Waals surface area contributed by atoms with Crippen molar-refractivity contribution in [3.05, 3.63) is 23.3 Å². The highest BCUT2D eigenvalue weighted by Gasteiger charge is 2.57. The van der Waals surface area contributed by atoms with Gasteiger partial charge in [0.1, 0.15) is 17.3 Å².